The van der Waals surface area contributed by atoms with Gasteiger partial charge in [0, 0.05) is 31.2 Å². The van der Waals surface area contributed by atoms with Gasteiger partial charge < -0.3 is 14.4 Å². The number of carbonyl (C=O) groups excluding carboxylic acids is 1. The number of ether oxygens (including phenoxy) is 2. The van der Waals surface area contributed by atoms with Gasteiger partial charge in [-0.2, -0.15) is 0 Å². The molecule has 0 spiro atoms. The van der Waals surface area contributed by atoms with Crippen molar-refractivity contribution in [1.82, 2.24) is 9.80 Å². The fourth-order valence-electron chi connectivity index (χ4n) is 5.33. The van der Waals surface area contributed by atoms with Crippen molar-refractivity contribution in [2.75, 3.05) is 33.9 Å². The summed E-state index contributed by atoms with van der Waals surface area (Å²) in [7, 11) is 3.36. The molecule has 0 aliphatic carbocycles. The van der Waals surface area contributed by atoms with Gasteiger partial charge in [-0.3, -0.25) is 9.69 Å². The van der Waals surface area contributed by atoms with Crippen LogP contribution >= 0.6 is 0 Å². The molecular formula is C21H30N2O3. The van der Waals surface area contributed by atoms with Gasteiger partial charge in [0.25, 0.3) is 5.91 Å². The number of para-hydroxylation sites is 1. The number of likely N-dealkylation sites (tertiary alicyclic amines) is 1. The molecule has 1 amide bonds. The number of hydrogen-bond donors (Lipinski definition) is 0. The minimum Gasteiger partial charge on any atom is -0.496 e. The number of piperidine rings is 3. The third-order valence-corrected chi connectivity index (χ3v) is 6.82. The molecule has 1 aromatic rings. The van der Waals surface area contributed by atoms with Crippen LogP contribution in [-0.4, -0.2) is 67.2 Å². The average molecular weight is 358 g/mol. The lowest BCUT2D eigenvalue weighted by molar-refractivity contribution is -0.155. The third-order valence-electron chi connectivity index (χ3n) is 6.82. The number of rotatable bonds is 4. The molecule has 4 aliphatic heterocycles. The zero-order chi connectivity index (χ0) is 18.5. The van der Waals surface area contributed by atoms with Crippen molar-refractivity contribution < 1.29 is 14.3 Å². The van der Waals surface area contributed by atoms with Crippen LogP contribution in [0.25, 0.3) is 0 Å². The second-order valence-electron chi connectivity index (χ2n) is 8.37. The summed E-state index contributed by atoms with van der Waals surface area (Å²) in [5.74, 6) is 1.93. The SMILES string of the molecule is COc1ccccc1[C@H]1CN(C(=O)C(C)(C)OC)[C@@H]2C3CCN(CC3)[C@H]12. The summed E-state index contributed by atoms with van der Waals surface area (Å²) in [5, 5.41) is 0. The van der Waals surface area contributed by atoms with Gasteiger partial charge in [-0.1, -0.05) is 18.2 Å². The van der Waals surface area contributed by atoms with E-state index in [9.17, 15) is 4.79 Å². The first kappa shape index (κ1) is 17.8. The van der Waals surface area contributed by atoms with Gasteiger partial charge in [-0.15, -0.1) is 0 Å². The Morgan fingerprint density at radius 3 is 2.46 bits per heavy atom. The highest BCUT2D eigenvalue weighted by molar-refractivity contribution is 5.85. The highest BCUT2D eigenvalue weighted by Crippen LogP contribution is 2.48. The third kappa shape index (κ3) is 2.64. The number of fused-ring (bicyclic) bond motifs is 2. The Balaban J connectivity index is 1.74. The second-order valence-corrected chi connectivity index (χ2v) is 8.37. The Morgan fingerprint density at radius 2 is 1.81 bits per heavy atom. The molecule has 2 bridgehead atoms. The molecule has 0 unspecified atom stereocenters. The van der Waals surface area contributed by atoms with E-state index in [4.69, 9.17) is 9.47 Å². The van der Waals surface area contributed by atoms with Crippen molar-refractivity contribution in [2.24, 2.45) is 5.92 Å². The van der Waals surface area contributed by atoms with Gasteiger partial charge in [0.15, 0.2) is 0 Å². The number of carbonyl (C=O) groups is 1. The maximum Gasteiger partial charge on any atom is 0.254 e. The van der Waals surface area contributed by atoms with E-state index >= 15 is 0 Å². The van der Waals surface area contributed by atoms with Crippen LogP contribution in [0.5, 0.6) is 5.75 Å². The van der Waals surface area contributed by atoms with E-state index in [1.807, 2.05) is 26.0 Å². The summed E-state index contributed by atoms with van der Waals surface area (Å²) in [6.07, 6.45) is 2.38. The van der Waals surface area contributed by atoms with Gasteiger partial charge in [0.2, 0.25) is 0 Å². The van der Waals surface area contributed by atoms with E-state index in [1.54, 1.807) is 14.2 Å². The molecule has 142 valence electrons. The summed E-state index contributed by atoms with van der Waals surface area (Å²) in [6, 6.07) is 8.96. The maximum atomic E-state index is 13.3. The molecule has 3 atom stereocenters. The molecule has 4 heterocycles. The topological polar surface area (TPSA) is 42.0 Å². The Kier molecular flexibility index (Phi) is 4.48. The second kappa shape index (κ2) is 6.54. The van der Waals surface area contributed by atoms with Gasteiger partial charge in [-0.25, -0.2) is 0 Å². The summed E-state index contributed by atoms with van der Waals surface area (Å²) in [4.78, 5) is 18.0. The van der Waals surface area contributed by atoms with Crippen LogP contribution < -0.4 is 4.74 Å². The van der Waals surface area contributed by atoms with E-state index in [0.717, 1.165) is 25.4 Å². The molecule has 5 nitrogen and oxygen atoms in total. The molecule has 1 aromatic carbocycles. The van der Waals surface area contributed by atoms with Gasteiger partial charge >= 0.3 is 0 Å². The van der Waals surface area contributed by atoms with Crippen molar-refractivity contribution in [3.8, 4) is 5.75 Å². The summed E-state index contributed by atoms with van der Waals surface area (Å²) < 4.78 is 11.2. The highest BCUT2D eigenvalue weighted by Gasteiger charge is 2.56. The maximum absolute atomic E-state index is 13.3. The Hall–Kier alpha value is -1.59. The molecule has 5 heteroatoms. The van der Waals surface area contributed by atoms with E-state index in [-0.39, 0.29) is 17.9 Å². The Labute approximate surface area is 156 Å². The minimum atomic E-state index is -0.785. The Morgan fingerprint density at radius 1 is 1.12 bits per heavy atom. The molecule has 5 rings (SSSR count). The van der Waals surface area contributed by atoms with Crippen LogP contribution in [0.3, 0.4) is 0 Å². The first-order valence-corrected chi connectivity index (χ1v) is 9.71. The van der Waals surface area contributed by atoms with Crippen LogP contribution in [0.4, 0.5) is 0 Å². The lowest BCUT2D eigenvalue weighted by Gasteiger charge is -2.51. The van der Waals surface area contributed by atoms with Crippen LogP contribution in [0, 0.1) is 5.92 Å². The van der Waals surface area contributed by atoms with Gasteiger partial charge in [0.1, 0.15) is 11.4 Å². The van der Waals surface area contributed by atoms with Gasteiger partial charge in [-0.05, 0) is 51.8 Å². The summed E-state index contributed by atoms with van der Waals surface area (Å²) >= 11 is 0. The van der Waals surface area contributed by atoms with Crippen LogP contribution in [0.15, 0.2) is 24.3 Å². The number of nitrogens with zero attached hydrogens (tertiary/aromatic N) is 2. The zero-order valence-corrected chi connectivity index (χ0v) is 16.3. The number of methoxy groups -OCH3 is 2. The first-order valence-electron chi connectivity index (χ1n) is 9.71. The average Bonchev–Trinajstić information content (AvgIpc) is 3.10. The van der Waals surface area contributed by atoms with Crippen molar-refractivity contribution in [3.63, 3.8) is 0 Å². The predicted molar refractivity (Wildman–Crippen MR) is 100 cm³/mol. The molecule has 0 radical (unpaired) electrons. The van der Waals surface area contributed by atoms with Crippen molar-refractivity contribution >= 4 is 5.91 Å². The standard InChI is InChI=1S/C21H30N2O3/c1-21(2,26-4)20(24)23-13-16(15-7-5-6-8-17(15)25-3)19-18(23)14-9-11-22(19)12-10-14/h5-8,14,16,18-19H,9-13H2,1-4H3/t16-,18-,19-/m1/s1. The predicted octanol–water partition coefficient (Wildman–Crippen LogP) is 2.51. The number of amides is 1. The van der Waals surface area contributed by atoms with E-state index in [1.165, 1.54) is 18.4 Å². The van der Waals surface area contributed by atoms with Crippen molar-refractivity contribution in [2.45, 2.75) is 50.3 Å². The van der Waals surface area contributed by atoms with E-state index < -0.39 is 5.60 Å². The minimum absolute atomic E-state index is 0.112. The van der Waals surface area contributed by atoms with Crippen LogP contribution in [0.2, 0.25) is 0 Å². The smallest absolute Gasteiger partial charge is 0.254 e. The lowest BCUT2D eigenvalue weighted by atomic mass is 9.75. The molecule has 4 aliphatic rings. The number of benzene rings is 1. The first-order chi connectivity index (χ1) is 12.5. The van der Waals surface area contributed by atoms with E-state index in [2.05, 4.69) is 21.9 Å². The van der Waals surface area contributed by atoms with Crippen LogP contribution in [-0.2, 0) is 9.53 Å². The van der Waals surface area contributed by atoms with Gasteiger partial charge in [0.05, 0.1) is 13.2 Å². The highest BCUT2D eigenvalue weighted by atomic mass is 16.5. The molecule has 0 saturated carbocycles. The number of hydrogen-bond acceptors (Lipinski definition) is 4. The van der Waals surface area contributed by atoms with Crippen molar-refractivity contribution in [3.05, 3.63) is 29.8 Å². The summed E-state index contributed by atoms with van der Waals surface area (Å²) in [5.41, 5.74) is 0.440. The van der Waals surface area contributed by atoms with Crippen LogP contribution in [0.1, 0.15) is 38.2 Å². The molecule has 4 saturated heterocycles. The van der Waals surface area contributed by atoms with E-state index in [0.29, 0.717) is 12.0 Å². The normalized spacial score (nSPS) is 33.2. The molecule has 4 fully saturated rings. The lowest BCUT2D eigenvalue weighted by Crippen LogP contribution is -2.62. The summed E-state index contributed by atoms with van der Waals surface area (Å²) in [6.45, 7) is 6.79. The largest absolute Gasteiger partial charge is 0.496 e. The molecule has 0 aromatic heterocycles. The quantitative estimate of drug-likeness (QED) is 0.829. The molecular weight excluding hydrogens is 328 g/mol. The zero-order valence-electron chi connectivity index (χ0n) is 16.3. The Bertz CT molecular complexity index is 682. The van der Waals surface area contributed by atoms with Crippen molar-refractivity contribution in [1.29, 1.82) is 0 Å². The monoisotopic (exact) mass is 358 g/mol. The fraction of sp³-hybridized carbons (Fsp3) is 0.667. The molecule has 26 heavy (non-hydrogen) atoms. The molecule has 0 N–H and O–H groups in total. The fourth-order valence-corrected chi connectivity index (χ4v) is 5.33.